The number of hydrogen-bond donors (Lipinski definition) is 3. The third kappa shape index (κ3) is 3.95. The first-order valence-corrected chi connectivity index (χ1v) is 9.08. The highest BCUT2D eigenvalue weighted by atomic mass is 16.5. The van der Waals surface area contributed by atoms with Gasteiger partial charge in [0.15, 0.2) is 0 Å². The minimum atomic E-state index is -0.372. The lowest BCUT2D eigenvalue weighted by Gasteiger charge is -2.10. The molecule has 0 fully saturated rings. The van der Waals surface area contributed by atoms with Gasteiger partial charge in [0, 0.05) is 12.1 Å². The van der Waals surface area contributed by atoms with Gasteiger partial charge in [-0.15, -0.1) is 0 Å². The van der Waals surface area contributed by atoms with E-state index in [0.717, 1.165) is 24.3 Å². The quantitative estimate of drug-likeness (QED) is 0.625. The van der Waals surface area contributed by atoms with E-state index < -0.39 is 0 Å². The molecule has 0 spiro atoms. The molecule has 0 aliphatic heterocycles. The fourth-order valence-electron chi connectivity index (χ4n) is 3.34. The van der Waals surface area contributed by atoms with Crippen molar-refractivity contribution in [3.8, 4) is 11.6 Å². The van der Waals surface area contributed by atoms with Crippen molar-refractivity contribution >= 4 is 11.6 Å². The van der Waals surface area contributed by atoms with Crippen molar-refractivity contribution in [2.24, 2.45) is 0 Å². The normalized spacial score (nSPS) is 12.6. The highest BCUT2D eigenvalue weighted by Crippen LogP contribution is 2.26. The molecule has 0 amide bonds. The number of nitrogens with zero attached hydrogens (tertiary/aromatic N) is 1. The van der Waals surface area contributed by atoms with Crippen LogP contribution >= 0.6 is 0 Å². The summed E-state index contributed by atoms with van der Waals surface area (Å²) < 4.78 is 5.58. The van der Waals surface area contributed by atoms with E-state index in [9.17, 15) is 9.90 Å². The molecule has 6 heteroatoms. The van der Waals surface area contributed by atoms with E-state index in [4.69, 9.17) is 4.74 Å². The number of para-hydroxylation sites is 1. The standard InChI is InChI=1S/C21H21N3O3/c25-19-18(11-12-27-17-7-2-1-3-8-17)20(26)24-21(23-19)22-16-10-9-14-5-4-6-15(14)13-16/h1-3,7-10,13H,4-6,11-12H2,(H3,22,23,24,25,26). The highest BCUT2D eigenvalue weighted by Gasteiger charge is 2.13. The minimum Gasteiger partial charge on any atom is -0.493 e. The number of aromatic nitrogens is 2. The summed E-state index contributed by atoms with van der Waals surface area (Å²) in [6.45, 7) is 0.278. The van der Waals surface area contributed by atoms with Gasteiger partial charge in [0.1, 0.15) is 5.75 Å². The molecule has 0 saturated carbocycles. The molecule has 3 N–H and O–H groups in total. The summed E-state index contributed by atoms with van der Waals surface area (Å²) in [7, 11) is 0. The molecule has 0 unspecified atom stereocenters. The molecule has 27 heavy (non-hydrogen) atoms. The van der Waals surface area contributed by atoms with Gasteiger partial charge in [0.05, 0.1) is 12.2 Å². The first-order valence-electron chi connectivity index (χ1n) is 9.08. The minimum absolute atomic E-state index is 0.213. The molecule has 4 rings (SSSR count). The molecule has 0 radical (unpaired) electrons. The largest absolute Gasteiger partial charge is 0.493 e. The van der Waals surface area contributed by atoms with Gasteiger partial charge in [-0.25, -0.2) is 0 Å². The van der Waals surface area contributed by atoms with Crippen LogP contribution in [0.2, 0.25) is 0 Å². The molecule has 2 aromatic carbocycles. The summed E-state index contributed by atoms with van der Waals surface area (Å²) in [6.07, 6.45) is 3.63. The second-order valence-corrected chi connectivity index (χ2v) is 6.59. The predicted molar refractivity (Wildman–Crippen MR) is 104 cm³/mol. The second-order valence-electron chi connectivity index (χ2n) is 6.59. The number of anilines is 2. The number of rotatable bonds is 6. The maximum atomic E-state index is 12.3. The number of aryl methyl sites for hydroxylation is 2. The summed E-state index contributed by atoms with van der Waals surface area (Å²) in [4.78, 5) is 19.1. The molecule has 1 aliphatic carbocycles. The van der Waals surface area contributed by atoms with Crippen LogP contribution in [0.15, 0.2) is 53.3 Å². The fraction of sp³-hybridized carbons (Fsp3) is 0.238. The Morgan fingerprint density at radius 2 is 1.93 bits per heavy atom. The number of hydrogen-bond acceptors (Lipinski definition) is 5. The van der Waals surface area contributed by atoms with Gasteiger partial charge in [-0.3, -0.25) is 9.78 Å². The molecule has 0 bridgehead atoms. The summed E-state index contributed by atoms with van der Waals surface area (Å²) in [5.41, 5.74) is 3.38. The van der Waals surface area contributed by atoms with E-state index in [2.05, 4.69) is 27.4 Å². The molecule has 1 heterocycles. The first kappa shape index (κ1) is 17.1. The van der Waals surface area contributed by atoms with Gasteiger partial charge in [-0.2, -0.15) is 4.98 Å². The van der Waals surface area contributed by atoms with Crippen LogP contribution in [-0.2, 0) is 19.3 Å². The van der Waals surface area contributed by atoms with E-state index in [1.807, 2.05) is 36.4 Å². The zero-order valence-corrected chi connectivity index (χ0v) is 14.9. The van der Waals surface area contributed by atoms with Gasteiger partial charge >= 0.3 is 0 Å². The van der Waals surface area contributed by atoms with Crippen molar-refractivity contribution < 1.29 is 9.84 Å². The number of H-pyrrole nitrogens is 1. The third-order valence-electron chi connectivity index (χ3n) is 4.72. The Morgan fingerprint density at radius 3 is 2.74 bits per heavy atom. The van der Waals surface area contributed by atoms with E-state index in [-0.39, 0.29) is 36.0 Å². The van der Waals surface area contributed by atoms with Crippen molar-refractivity contribution in [1.29, 1.82) is 0 Å². The van der Waals surface area contributed by atoms with Crippen molar-refractivity contribution in [3.63, 3.8) is 0 Å². The zero-order valence-electron chi connectivity index (χ0n) is 14.9. The zero-order chi connectivity index (χ0) is 18.6. The average molecular weight is 363 g/mol. The van der Waals surface area contributed by atoms with Crippen LogP contribution in [0.5, 0.6) is 11.6 Å². The van der Waals surface area contributed by atoms with Crippen molar-refractivity contribution in [2.45, 2.75) is 25.7 Å². The Bertz CT molecular complexity index is 999. The van der Waals surface area contributed by atoms with Crippen LogP contribution in [-0.4, -0.2) is 21.7 Å². The van der Waals surface area contributed by atoms with Gasteiger partial charge in [0.2, 0.25) is 11.8 Å². The molecule has 0 saturated heterocycles. The number of aromatic hydroxyl groups is 1. The van der Waals surface area contributed by atoms with E-state index >= 15 is 0 Å². The van der Waals surface area contributed by atoms with E-state index in [1.54, 1.807) is 0 Å². The summed E-state index contributed by atoms with van der Waals surface area (Å²) >= 11 is 0. The number of aromatic amines is 1. The highest BCUT2D eigenvalue weighted by molar-refractivity contribution is 5.57. The van der Waals surface area contributed by atoms with Gasteiger partial charge < -0.3 is 15.2 Å². The van der Waals surface area contributed by atoms with Crippen LogP contribution in [0, 0.1) is 0 Å². The van der Waals surface area contributed by atoms with Gasteiger partial charge in [-0.1, -0.05) is 24.3 Å². The molecule has 3 aromatic rings. The van der Waals surface area contributed by atoms with E-state index in [1.165, 1.54) is 17.5 Å². The van der Waals surface area contributed by atoms with Crippen LogP contribution < -0.4 is 15.6 Å². The lowest BCUT2D eigenvalue weighted by molar-refractivity contribution is 0.318. The van der Waals surface area contributed by atoms with Gasteiger partial charge in [-0.05, 0) is 54.7 Å². The van der Waals surface area contributed by atoms with Crippen molar-refractivity contribution in [3.05, 3.63) is 75.6 Å². The fourth-order valence-corrected chi connectivity index (χ4v) is 3.34. The third-order valence-corrected chi connectivity index (χ3v) is 4.72. The Balaban J connectivity index is 1.44. The van der Waals surface area contributed by atoms with Crippen LogP contribution in [0.1, 0.15) is 23.1 Å². The second kappa shape index (κ2) is 7.53. The molecular formula is C21H21N3O3. The maximum absolute atomic E-state index is 12.3. The predicted octanol–water partition coefficient (Wildman–Crippen LogP) is 3.33. The Hall–Kier alpha value is -3.28. The molecule has 0 atom stereocenters. The summed E-state index contributed by atoms with van der Waals surface area (Å²) in [6, 6.07) is 15.5. The van der Waals surface area contributed by atoms with Gasteiger partial charge in [0.25, 0.3) is 5.56 Å². The number of ether oxygens (including phenoxy) is 1. The lowest BCUT2D eigenvalue weighted by atomic mass is 10.1. The molecule has 1 aromatic heterocycles. The smallest absolute Gasteiger partial charge is 0.259 e. The Labute approximate surface area is 156 Å². The van der Waals surface area contributed by atoms with Crippen LogP contribution in [0.3, 0.4) is 0 Å². The van der Waals surface area contributed by atoms with Crippen molar-refractivity contribution in [1.82, 2.24) is 9.97 Å². The summed E-state index contributed by atoms with van der Waals surface area (Å²) in [5.74, 6) is 0.665. The summed E-state index contributed by atoms with van der Waals surface area (Å²) in [5, 5.41) is 13.2. The Morgan fingerprint density at radius 1 is 1.11 bits per heavy atom. The topological polar surface area (TPSA) is 87.2 Å². The van der Waals surface area contributed by atoms with Crippen LogP contribution in [0.25, 0.3) is 0 Å². The van der Waals surface area contributed by atoms with Crippen LogP contribution in [0.4, 0.5) is 11.6 Å². The Kier molecular flexibility index (Phi) is 4.78. The SMILES string of the molecule is O=c1[nH]c(Nc2ccc3c(c2)CCC3)nc(O)c1CCOc1ccccc1. The lowest BCUT2D eigenvalue weighted by Crippen LogP contribution is -2.18. The first-order chi connectivity index (χ1) is 13.2. The molecule has 138 valence electrons. The molecular weight excluding hydrogens is 342 g/mol. The maximum Gasteiger partial charge on any atom is 0.259 e. The number of fused-ring (bicyclic) bond motifs is 1. The molecule has 1 aliphatic rings. The number of nitrogens with one attached hydrogen (secondary N) is 2. The van der Waals surface area contributed by atoms with E-state index in [0.29, 0.717) is 0 Å². The molecule has 6 nitrogen and oxygen atoms in total. The average Bonchev–Trinajstić information content (AvgIpc) is 3.13. The van der Waals surface area contributed by atoms with Crippen molar-refractivity contribution in [2.75, 3.05) is 11.9 Å². The monoisotopic (exact) mass is 363 g/mol. The number of benzene rings is 2.